The monoisotopic (exact) mass is 340 g/mol. The third kappa shape index (κ3) is 4.40. The molecule has 0 aromatic heterocycles. The van der Waals surface area contributed by atoms with Gasteiger partial charge in [0.2, 0.25) is 5.91 Å². The summed E-state index contributed by atoms with van der Waals surface area (Å²) in [5.74, 6) is 1.09. The van der Waals surface area contributed by atoms with Crippen molar-refractivity contribution in [2.24, 2.45) is 0 Å². The summed E-state index contributed by atoms with van der Waals surface area (Å²) in [5, 5.41) is 0. The van der Waals surface area contributed by atoms with E-state index in [4.69, 9.17) is 0 Å². The molecule has 1 saturated heterocycles. The molecule has 1 unspecified atom stereocenters. The van der Waals surface area contributed by atoms with Crippen LogP contribution in [-0.4, -0.2) is 48.1 Å². The first kappa shape index (κ1) is 17.1. The third-order valence-corrected chi connectivity index (χ3v) is 5.43. The van der Waals surface area contributed by atoms with Gasteiger partial charge in [0.1, 0.15) is 0 Å². The summed E-state index contributed by atoms with van der Waals surface area (Å²) in [4.78, 5) is 18.4. The fourth-order valence-electron chi connectivity index (χ4n) is 3.09. The minimum atomic E-state index is 0.166. The quantitative estimate of drug-likeness (QED) is 0.776. The number of amides is 1. The van der Waals surface area contributed by atoms with E-state index in [0.29, 0.717) is 6.42 Å². The molecule has 0 saturated carbocycles. The van der Waals surface area contributed by atoms with Crippen LogP contribution < -0.4 is 0 Å². The van der Waals surface area contributed by atoms with E-state index in [1.807, 2.05) is 24.3 Å². The van der Waals surface area contributed by atoms with E-state index in [0.717, 1.165) is 25.4 Å². The lowest BCUT2D eigenvalue weighted by molar-refractivity contribution is -0.135. The van der Waals surface area contributed by atoms with Gasteiger partial charge in [-0.3, -0.25) is 4.79 Å². The summed E-state index contributed by atoms with van der Waals surface area (Å²) in [7, 11) is 2.13. The van der Waals surface area contributed by atoms with E-state index in [1.54, 1.807) is 11.8 Å². The second-order valence-electron chi connectivity index (χ2n) is 6.19. The summed E-state index contributed by atoms with van der Waals surface area (Å²) >= 11 is 1.75. The molecule has 0 N–H and O–H groups in total. The predicted octanol–water partition coefficient (Wildman–Crippen LogP) is 3.68. The lowest BCUT2D eigenvalue weighted by Crippen LogP contribution is -2.49. The van der Waals surface area contributed by atoms with Gasteiger partial charge >= 0.3 is 0 Å². The zero-order valence-electron chi connectivity index (χ0n) is 14.1. The van der Waals surface area contributed by atoms with Gasteiger partial charge in [0.25, 0.3) is 0 Å². The molecule has 3 nitrogen and oxygen atoms in total. The lowest BCUT2D eigenvalue weighted by atomic mass is 10.0. The maximum absolute atomic E-state index is 12.8. The van der Waals surface area contributed by atoms with Crippen LogP contribution in [0.1, 0.15) is 18.0 Å². The van der Waals surface area contributed by atoms with Crippen molar-refractivity contribution >= 4 is 17.7 Å². The molecule has 24 heavy (non-hydrogen) atoms. The Kier molecular flexibility index (Phi) is 5.94. The largest absolute Gasteiger partial charge is 0.333 e. The van der Waals surface area contributed by atoms with E-state index in [2.05, 4.69) is 53.2 Å². The fraction of sp³-hybridized carbons (Fsp3) is 0.350. The molecule has 0 aliphatic carbocycles. The summed E-state index contributed by atoms with van der Waals surface area (Å²) in [6, 6.07) is 20.8. The van der Waals surface area contributed by atoms with Crippen LogP contribution in [0.25, 0.3) is 0 Å². The van der Waals surface area contributed by atoms with Gasteiger partial charge in [0.05, 0.1) is 6.04 Å². The summed E-state index contributed by atoms with van der Waals surface area (Å²) in [6.45, 7) is 2.66. The summed E-state index contributed by atoms with van der Waals surface area (Å²) in [5.41, 5.74) is 1.23. The first-order valence-corrected chi connectivity index (χ1v) is 9.43. The molecule has 4 heteroatoms. The smallest absolute Gasteiger partial charge is 0.224 e. The first-order valence-electron chi connectivity index (χ1n) is 8.45. The minimum absolute atomic E-state index is 0.166. The summed E-state index contributed by atoms with van der Waals surface area (Å²) in [6.07, 6.45) is 0.590. The number of rotatable bonds is 5. The molecule has 1 amide bonds. The van der Waals surface area contributed by atoms with Gasteiger partial charge in [-0.15, -0.1) is 11.8 Å². The standard InChI is InChI=1S/C20H24N2OS/c1-21-13-14-22(19(16-21)17-8-4-2-5-9-17)20(23)12-15-24-18-10-6-3-7-11-18/h2-11,19H,12-16H2,1H3. The highest BCUT2D eigenvalue weighted by Crippen LogP contribution is 2.26. The van der Waals surface area contributed by atoms with Gasteiger partial charge in [0, 0.05) is 36.7 Å². The van der Waals surface area contributed by atoms with Crippen molar-refractivity contribution in [2.75, 3.05) is 32.4 Å². The average molecular weight is 340 g/mol. The number of hydrogen-bond acceptors (Lipinski definition) is 3. The molecule has 2 aromatic carbocycles. The molecule has 0 spiro atoms. The molecule has 3 rings (SSSR count). The highest BCUT2D eigenvalue weighted by Gasteiger charge is 2.29. The molecule has 1 aliphatic rings. The van der Waals surface area contributed by atoms with Gasteiger partial charge in [0.15, 0.2) is 0 Å². The van der Waals surface area contributed by atoms with Gasteiger partial charge in [-0.05, 0) is 24.7 Å². The van der Waals surface area contributed by atoms with E-state index in [1.165, 1.54) is 10.5 Å². The maximum atomic E-state index is 12.8. The Labute approximate surface area is 148 Å². The third-order valence-electron chi connectivity index (χ3n) is 4.42. The van der Waals surface area contributed by atoms with Crippen LogP contribution in [-0.2, 0) is 4.79 Å². The molecule has 1 heterocycles. The second kappa shape index (κ2) is 8.36. The van der Waals surface area contributed by atoms with Crippen LogP contribution >= 0.6 is 11.8 Å². The Morgan fingerprint density at radius 3 is 2.42 bits per heavy atom. The Balaban J connectivity index is 1.61. The van der Waals surface area contributed by atoms with E-state index in [-0.39, 0.29) is 11.9 Å². The molecule has 1 fully saturated rings. The molecule has 1 atom stereocenters. The topological polar surface area (TPSA) is 23.6 Å². The fourth-order valence-corrected chi connectivity index (χ4v) is 3.96. The lowest BCUT2D eigenvalue weighted by Gasteiger charge is -2.40. The first-order chi connectivity index (χ1) is 11.7. The zero-order valence-corrected chi connectivity index (χ0v) is 14.9. The zero-order chi connectivity index (χ0) is 16.8. The SMILES string of the molecule is CN1CCN(C(=O)CCSc2ccccc2)C(c2ccccc2)C1. The van der Waals surface area contributed by atoms with Crippen LogP contribution in [0.2, 0.25) is 0 Å². The number of thioether (sulfide) groups is 1. The molecule has 1 aliphatic heterocycles. The number of hydrogen-bond donors (Lipinski definition) is 0. The van der Waals surface area contributed by atoms with E-state index >= 15 is 0 Å². The minimum Gasteiger partial charge on any atom is -0.333 e. The van der Waals surface area contributed by atoms with Gasteiger partial charge in [-0.1, -0.05) is 48.5 Å². The van der Waals surface area contributed by atoms with Crippen LogP contribution in [0.4, 0.5) is 0 Å². The van der Waals surface area contributed by atoms with Crippen molar-refractivity contribution in [1.82, 2.24) is 9.80 Å². The number of benzene rings is 2. The van der Waals surface area contributed by atoms with Gasteiger partial charge in [-0.25, -0.2) is 0 Å². The maximum Gasteiger partial charge on any atom is 0.224 e. The highest BCUT2D eigenvalue weighted by molar-refractivity contribution is 7.99. The van der Waals surface area contributed by atoms with Gasteiger partial charge < -0.3 is 9.80 Å². The van der Waals surface area contributed by atoms with Crippen molar-refractivity contribution in [1.29, 1.82) is 0 Å². The van der Waals surface area contributed by atoms with E-state index < -0.39 is 0 Å². The molecule has 126 valence electrons. The van der Waals surface area contributed by atoms with E-state index in [9.17, 15) is 4.79 Å². The van der Waals surface area contributed by atoms with Crippen molar-refractivity contribution in [3.05, 3.63) is 66.2 Å². The highest BCUT2D eigenvalue weighted by atomic mass is 32.2. The van der Waals surface area contributed by atoms with Crippen molar-refractivity contribution in [2.45, 2.75) is 17.4 Å². The summed E-state index contributed by atoms with van der Waals surface area (Å²) < 4.78 is 0. The number of likely N-dealkylation sites (N-methyl/N-ethyl adjacent to an activating group) is 1. The molecule has 0 radical (unpaired) electrons. The predicted molar refractivity (Wildman–Crippen MR) is 100 cm³/mol. The number of carbonyl (C=O) groups excluding carboxylic acids is 1. The second-order valence-corrected chi connectivity index (χ2v) is 7.36. The van der Waals surface area contributed by atoms with Crippen LogP contribution in [0.3, 0.4) is 0 Å². The van der Waals surface area contributed by atoms with Crippen molar-refractivity contribution in [3.8, 4) is 0 Å². The van der Waals surface area contributed by atoms with Crippen LogP contribution in [0.5, 0.6) is 0 Å². The van der Waals surface area contributed by atoms with Crippen molar-refractivity contribution < 1.29 is 4.79 Å². The Morgan fingerprint density at radius 2 is 1.71 bits per heavy atom. The molecular formula is C20H24N2OS. The Hall–Kier alpha value is -1.78. The normalized spacial score (nSPS) is 18.5. The Morgan fingerprint density at radius 1 is 1.04 bits per heavy atom. The van der Waals surface area contributed by atoms with Crippen LogP contribution in [0, 0.1) is 0 Å². The molecule has 2 aromatic rings. The average Bonchev–Trinajstić information content (AvgIpc) is 2.63. The number of carbonyl (C=O) groups is 1. The number of piperazine rings is 1. The van der Waals surface area contributed by atoms with Crippen LogP contribution in [0.15, 0.2) is 65.6 Å². The molecule has 0 bridgehead atoms. The van der Waals surface area contributed by atoms with Gasteiger partial charge in [-0.2, -0.15) is 0 Å². The Bertz CT molecular complexity index is 647. The molecular weight excluding hydrogens is 316 g/mol. The van der Waals surface area contributed by atoms with Crippen molar-refractivity contribution in [3.63, 3.8) is 0 Å². The number of nitrogens with zero attached hydrogens (tertiary/aromatic N) is 2.